The maximum atomic E-state index is 13.4. The Bertz CT molecular complexity index is 1060. The third-order valence-electron chi connectivity index (χ3n) is 6.26. The number of hydrogen-bond acceptors (Lipinski definition) is 5. The van der Waals surface area contributed by atoms with Crippen LogP contribution in [0.15, 0.2) is 78.9 Å². The highest BCUT2D eigenvalue weighted by Gasteiger charge is 2.41. The van der Waals surface area contributed by atoms with Crippen molar-refractivity contribution in [2.75, 3.05) is 26.8 Å². The quantitative estimate of drug-likeness (QED) is 0.482. The molecule has 0 amide bonds. The second-order valence-corrected chi connectivity index (χ2v) is 8.70. The number of carbonyl (C=O) groups is 1. The van der Waals surface area contributed by atoms with Crippen LogP contribution in [0.5, 0.6) is 5.75 Å². The molecule has 33 heavy (non-hydrogen) atoms. The highest BCUT2D eigenvalue weighted by molar-refractivity contribution is 6.31. The van der Waals surface area contributed by atoms with Gasteiger partial charge in [-0.2, -0.15) is 0 Å². The van der Waals surface area contributed by atoms with Crippen LogP contribution < -0.4 is 4.74 Å². The number of hydrogen-bond donors (Lipinski definition) is 1. The number of carbonyl (C=O) groups excluding carboxylic acids is 1. The summed E-state index contributed by atoms with van der Waals surface area (Å²) in [5.41, 5.74) is 2.74. The molecule has 1 fully saturated rings. The molecule has 3 aromatic rings. The third-order valence-corrected chi connectivity index (χ3v) is 6.60. The minimum atomic E-state index is -0.653. The van der Waals surface area contributed by atoms with E-state index in [1.54, 1.807) is 13.2 Å². The van der Waals surface area contributed by atoms with Gasteiger partial charge in [-0.25, -0.2) is 4.79 Å². The van der Waals surface area contributed by atoms with E-state index in [9.17, 15) is 9.90 Å². The molecule has 0 unspecified atom stereocenters. The summed E-state index contributed by atoms with van der Waals surface area (Å²) in [4.78, 5) is 15.5. The van der Waals surface area contributed by atoms with Crippen LogP contribution in [0, 0.1) is 5.92 Å². The van der Waals surface area contributed by atoms with E-state index in [1.165, 1.54) is 0 Å². The lowest BCUT2D eigenvalue weighted by Gasteiger charge is -2.27. The molecule has 1 saturated heterocycles. The number of aliphatic hydroxyl groups excluding tert-OH is 1. The predicted octanol–water partition coefficient (Wildman–Crippen LogP) is 4.84. The molecule has 0 bridgehead atoms. The molecule has 3 atom stereocenters. The Morgan fingerprint density at radius 2 is 1.73 bits per heavy atom. The standard InChI is InChI=1S/C27H28ClNO4/c1-32-22-13-11-19(12-14-22)18-33-27(31)26(23-9-5-6-10-25(23)28)29-15-21(17-30)24(16-29)20-7-3-2-4-8-20/h2-14,21,24,26,30H,15-18H2,1H3/t21-,24-,26-/m1/s1. The van der Waals surface area contributed by atoms with Gasteiger partial charge >= 0.3 is 5.97 Å². The normalized spacial score (nSPS) is 19.2. The predicted molar refractivity (Wildman–Crippen MR) is 128 cm³/mol. The molecule has 1 aliphatic heterocycles. The second kappa shape index (κ2) is 10.8. The van der Waals surface area contributed by atoms with E-state index in [4.69, 9.17) is 21.1 Å². The van der Waals surface area contributed by atoms with Crippen LogP contribution in [0.3, 0.4) is 0 Å². The highest BCUT2D eigenvalue weighted by Crippen LogP contribution is 2.39. The Labute approximate surface area is 199 Å². The van der Waals surface area contributed by atoms with Gasteiger partial charge in [-0.15, -0.1) is 0 Å². The van der Waals surface area contributed by atoms with E-state index in [0.29, 0.717) is 23.7 Å². The SMILES string of the molecule is COc1ccc(COC(=O)[C@@H](c2ccccc2Cl)N2C[C@H](CO)[C@@H](c3ccccc3)C2)cc1. The summed E-state index contributed by atoms with van der Waals surface area (Å²) >= 11 is 6.52. The fourth-order valence-electron chi connectivity index (χ4n) is 4.50. The maximum Gasteiger partial charge on any atom is 0.328 e. The minimum absolute atomic E-state index is 0.0202. The minimum Gasteiger partial charge on any atom is -0.497 e. The zero-order valence-electron chi connectivity index (χ0n) is 18.6. The molecule has 0 aliphatic carbocycles. The first-order chi connectivity index (χ1) is 16.1. The van der Waals surface area contributed by atoms with Crippen molar-refractivity contribution >= 4 is 17.6 Å². The van der Waals surface area contributed by atoms with Gasteiger partial charge in [0.05, 0.1) is 7.11 Å². The van der Waals surface area contributed by atoms with Gasteiger partial charge in [0.2, 0.25) is 0 Å². The van der Waals surface area contributed by atoms with Crippen molar-refractivity contribution in [2.45, 2.75) is 18.6 Å². The van der Waals surface area contributed by atoms with Crippen LogP contribution in [0.2, 0.25) is 5.02 Å². The van der Waals surface area contributed by atoms with E-state index < -0.39 is 6.04 Å². The fraction of sp³-hybridized carbons (Fsp3) is 0.296. The van der Waals surface area contributed by atoms with E-state index in [1.807, 2.05) is 60.7 Å². The molecule has 172 valence electrons. The van der Waals surface area contributed by atoms with Crippen LogP contribution in [-0.2, 0) is 16.1 Å². The molecule has 1 N–H and O–H groups in total. The van der Waals surface area contributed by atoms with Gasteiger partial charge in [0.1, 0.15) is 18.4 Å². The van der Waals surface area contributed by atoms with Gasteiger partial charge in [0.15, 0.2) is 0 Å². The highest BCUT2D eigenvalue weighted by atomic mass is 35.5. The largest absolute Gasteiger partial charge is 0.497 e. The Morgan fingerprint density at radius 3 is 2.39 bits per heavy atom. The van der Waals surface area contributed by atoms with E-state index in [0.717, 1.165) is 16.9 Å². The lowest BCUT2D eigenvalue weighted by molar-refractivity contribution is -0.151. The van der Waals surface area contributed by atoms with Crippen molar-refractivity contribution in [3.8, 4) is 5.75 Å². The average molecular weight is 466 g/mol. The Hall–Kier alpha value is -2.86. The molecule has 1 aliphatic rings. The summed E-state index contributed by atoms with van der Waals surface area (Å²) in [6.07, 6.45) is 0. The molecule has 5 nitrogen and oxygen atoms in total. The first-order valence-electron chi connectivity index (χ1n) is 11.0. The second-order valence-electron chi connectivity index (χ2n) is 8.29. The van der Waals surface area contributed by atoms with Crippen LogP contribution in [0.25, 0.3) is 0 Å². The summed E-state index contributed by atoms with van der Waals surface area (Å²) in [6, 6.07) is 24.3. The summed E-state index contributed by atoms with van der Waals surface area (Å²) in [6.45, 7) is 1.40. The fourth-order valence-corrected chi connectivity index (χ4v) is 4.74. The number of nitrogens with zero attached hydrogens (tertiary/aromatic N) is 1. The van der Waals surface area contributed by atoms with Crippen LogP contribution >= 0.6 is 11.6 Å². The van der Waals surface area contributed by atoms with Crippen molar-refractivity contribution < 1.29 is 19.4 Å². The molecule has 0 radical (unpaired) electrons. The smallest absolute Gasteiger partial charge is 0.328 e. The molecular formula is C27H28ClNO4. The van der Waals surface area contributed by atoms with Crippen LogP contribution in [-0.4, -0.2) is 42.8 Å². The van der Waals surface area contributed by atoms with E-state index in [-0.39, 0.29) is 31.0 Å². The number of methoxy groups -OCH3 is 1. The van der Waals surface area contributed by atoms with E-state index >= 15 is 0 Å². The third kappa shape index (κ3) is 5.38. The number of halogens is 1. The van der Waals surface area contributed by atoms with Crippen LogP contribution in [0.1, 0.15) is 28.7 Å². The van der Waals surface area contributed by atoms with Crippen molar-refractivity contribution in [1.82, 2.24) is 4.90 Å². The zero-order chi connectivity index (χ0) is 23.2. The van der Waals surface area contributed by atoms with Crippen molar-refractivity contribution in [3.05, 3.63) is 101 Å². The van der Waals surface area contributed by atoms with Crippen molar-refractivity contribution in [3.63, 3.8) is 0 Å². The van der Waals surface area contributed by atoms with Crippen molar-refractivity contribution in [1.29, 1.82) is 0 Å². The number of ether oxygens (including phenoxy) is 2. The van der Waals surface area contributed by atoms with Gasteiger partial charge in [0.25, 0.3) is 0 Å². The Morgan fingerprint density at radius 1 is 1.03 bits per heavy atom. The number of likely N-dealkylation sites (tertiary alicyclic amines) is 1. The number of aliphatic hydroxyl groups is 1. The average Bonchev–Trinajstić information content (AvgIpc) is 3.29. The molecule has 6 heteroatoms. The van der Waals surface area contributed by atoms with E-state index in [2.05, 4.69) is 17.0 Å². The van der Waals surface area contributed by atoms with Gasteiger partial charge in [0, 0.05) is 36.6 Å². The molecule has 1 heterocycles. The van der Waals surface area contributed by atoms with Gasteiger partial charge in [-0.3, -0.25) is 4.90 Å². The monoisotopic (exact) mass is 465 g/mol. The number of benzene rings is 3. The van der Waals surface area contributed by atoms with Gasteiger partial charge in [-0.1, -0.05) is 72.3 Å². The topological polar surface area (TPSA) is 59.0 Å². The molecule has 0 spiro atoms. The van der Waals surface area contributed by atoms with Gasteiger partial charge in [-0.05, 0) is 34.9 Å². The molecular weight excluding hydrogens is 438 g/mol. The summed E-state index contributed by atoms with van der Waals surface area (Å²) in [7, 11) is 1.61. The zero-order valence-corrected chi connectivity index (χ0v) is 19.3. The number of rotatable bonds is 8. The lowest BCUT2D eigenvalue weighted by atomic mass is 9.90. The lowest BCUT2D eigenvalue weighted by Crippen LogP contribution is -2.34. The van der Waals surface area contributed by atoms with Gasteiger partial charge < -0.3 is 14.6 Å². The first-order valence-corrected chi connectivity index (χ1v) is 11.4. The van der Waals surface area contributed by atoms with Crippen molar-refractivity contribution in [2.24, 2.45) is 5.92 Å². The summed E-state index contributed by atoms with van der Waals surface area (Å²) in [5.74, 6) is 0.532. The molecule has 0 aromatic heterocycles. The number of esters is 1. The molecule has 4 rings (SSSR count). The Balaban J connectivity index is 1.57. The maximum absolute atomic E-state index is 13.4. The summed E-state index contributed by atoms with van der Waals surface area (Å²) in [5, 5.41) is 10.6. The Kier molecular flexibility index (Phi) is 7.65. The first kappa shape index (κ1) is 23.3. The van der Waals surface area contributed by atoms with Crippen LogP contribution in [0.4, 0.5) is 0 Å². The summed E-state index contributed by atoms with van der Waals surface area (Å²) < 4.78 is 10.9. The molecule has 0 saturated carbocycles. The molecule has 3 aromatic carbocycles.